The Balaban J connectivity index is 1.23. The zero-order chi connectivity index (χ0) is 30.9. The minimum atomic E-state index is -0.447. The summed E-state index contributed by atoms with van der Waals surface area (Å²) in [5.74, 6) is -0.304. The molecule has 7 heteroatoms. The van der Waals surface area contributed by atoms with Crippen LogP contribution in [-0.2, 0) is 9.59 Å². The maximum Gasteiger partial charge on any atom is 0.272 e. The van der Waals surface area contributed by atoms with E-state index < -0.39 is 5.91 Å². The zero-order valence-corrected chi connectivity index (χ0v) is 25.4. The molecule has 0 aromatic heterocycles. The molecule has 3 amide bonds. The molecule has 3 N–H and O–H groups in total. The van der Waals surface area contributed by atoms with E-state index in [2.05, 4.69) is 29.8 Å². The normalized spacial score (nSPS) is 11.3. The molecule has 0 aliphatic rings. The van der Waals surface area contributed by atoms with Crippen molar-refractivity contribution in [3.8, 4) is 0 Å². The predicted octanol–water partition coefficient (Wildman–Crippen LogP) is 8.10. The van der Waals surface area contributed by atoms with Crippen molar-refractivity contribution in [2.75, 3.05) is 16.4 Å². The molecule has 5 aromatic carbocycles. The van der Waals surface area contributed by atoms with Gasteiger partial charge in [-0.1, -0.05) is 92.7 Å². The summed E-state index contributed by atoms with van der Waals surface area (Å²) >= 11 is 1.40. The molecule has 0 aliphatic carbocycles. The van der Waals surface area contributed by atoms with Gasteiger partial charge in [0.15, 0.2) is 0 Å². The summed E-state index contributed by atoms with van der Waals surface area (Å²) in [7, 11) is 0. The molecule has 5 aromatic rings. The summed E-state index contributed by atoms with van der Waals surface area (Å²) in [6.07, 6.45) is 1.67. The lowest BCUT2D eigenvalue weighted by atomic mass is 10.0. The van der Waals surface area contributed by atoms with E-state index >= 15 is 0 Å². The number of hydrogen-bond donors (Lipinski definition) is 3. The van der Waals surface area contributed by atoms with Gasteiger partial charge in [-0.25, -0.2) is 0 Å². The fraction of sp³-hybridized carbons (Fsp3) is 0.108. The smallest absolute Gasteiger partial charge is 0.272 e. The predicted molar refractivity (Wildman–Crippen MR) is 181 cm³/mol. The summed E-state index contributed by atoms with van der Waals surface area (Å²) in [6, 6.07) is 37.7. The van der Waals surface area contributed by atoms with Gasteiger partial charge >= 0.3 is 0 Å². The number of carbonyl (C=O) groups is 3. The van der Waals surface area contributed by atoms with Gasteiger partial charge in [-0.2, -0.15) is 0 Å². The summed E-state index contributed by atoms with van der Waals surface area (Å²) in [6.45, 7) is 4.24. The molecular weight excluding hydrogens is 566 g/mol. The van der Waals surface area contributed by atoms with Gasteiger partial charge in [-0.15, -0.1) is 11.8 Å². The van der Waals surface area contributed by atoms with Crippen molar-refractivity contribution in [1.29, 1.82) is 0 Å². The van der Waals surface area contributed by atoms with E-state index in [4.69, 9.17) is 0 Å². The largest absolute Gasteiger partial charge is 0.325 e. The molecule has 0 saturated heterocycles. The molecule has 0 radical (unpaired) electrons. The van der Waals surface area contributed by atoms with Crippen molar-refractivity contribution in [3.05, 3.63) is 144 Å². The minimum Gasteiger partial charge on any atom is -0.325 e. The Hall–Kier alpha value is -5.14. The zero-order valence-electron chi connectivity index (χ0n) is 24.5. The molecule has 5 rings (SSSR count). The molecule has 220 valence electrons. The lowest BCUT2D eigenvalue weighted by Crippen LogP contribution is -2.30. The Morgan fingerprint density at radius 2 is 1.41 bits per heavy atom. The first-order valence-electron chi connectivity index (χ1n) is 14.4. The summed E-state index contributed by atoms with van der Waals surface area (Å²) < 4.78 is 0. The first kappa shape index (κ1) is 30.3. The molecular formula is C37H33N3O3S. The number of amides is 3. The monoisotopic (exact) mass is 599 g/mol. The van der Waals surface area contributed by atoms with Crippen LogP contribution < -0.4 is 16.0 Å². The van der Waals surface area contributed by atoms with Crippen LogP contribution in [0.4, 0.5) is 11.4 Å². The van der Waals surface area contributed by atoms with E-state index in [0.29, 0.717) is 17.2 Å². The van der Waals surface area contributed by atoms with E-state index in [1.165, 1.54) is 17.3 Å². The number of nitrogens with one attached hydrogen (secondary N) is 3. The third-order valence-electron chi connectivity index (χ3n) is 6.99. The van der Waals surface area contributed by atoms with Crippen molar-refractivity contribution in [1.82, 2.24) is 5.32 Å². The van der Waals surface area contributed by atoms with Gasteiger partial charge in [0.25, 0.3) is 11.8 Å². The maximum absolute atomic E-state index is 13.4. The molecule has 0 fully saturated rings. The average Bonchev–Trinajstić information content (AvgIpc) is 3.05. The van der Waals surface area contributed by atoms with Gasteiger partial charge in [0.2, 0.25) is 5.91 Å². The summed E-state index contributed by atoms with van der Waals surface area (Å²) in [5.41, 5.74) is 3.90. The SMILES string of the molecule is CC(C)c1ccc(/C=C(\NC(=O)c2ccccc2)C(=O)Nc2ccc(SCC(=O)Nc3cccc4ccccc34)cc2)cc1. The fourth-order valence-corrected chi connectivity index (χ4v) is 5.29. The standard InChI is InChI=1S/C37H33N3O3S/c1-25(2)27-17-15-26(16-18-27)23-34(40-36(42)29-10-4-3-5-11-29)37(43)38-30-19-21-31(22-20-30)44-24-35(41)39-33-14-8-12-28-9-6-7-13-32(28)33/h3-23,25H,24H2,1-2H3,(H,38,43)(H,39,41)(H,40,42)/b34-23-. The van der Waals surface area contributed by atoms with Gasteiger partial charge < -0.3 is 16.0 Å². The highest BCUT2D eigenvalue weighted by Gasteiger charge is 2.15. The van der Waals surface area contributed by atoms with Crippen LogP contribution in [0.1, 0.15) is 41.3 Å². The Bertz CT molecular complexity index is 1790. The second-order valence-electron chi connectivity index (χ2n) is 10.5. The van der Waals surface area contributed by atoms with Crippen molar-refractivity contribution in [3.63, 3.8) is 0 Å². The van der Waals surface area contributed by atoms with Crippen molar-refractivity contribution in [2.45, 2.75) is 24.7 Å². The first-order chi connectivity index (χ1) is 21.4. The van der Waals surface area contributed by atoms with Gasteiger partial charge in [-0.05, 0) is 71.0 Å². The number of carbonyl (C=O) groups excluding carboxylic acids is 3. The lowest BCUT2D eigenvalue weighted by molar-refractivity contribution is -0.114. The highest BCUT2D eigenvalue weighted by atomic mass is 32.2. The van der Waals surface area contributed by atoms with E-state index in [-0.39, 0.29) is 23.3 Å². The van der Waals surface area contributed by atoms with Crippen LogP contribution in [0, 0.1) is 0 Å². The molecule has 0 spiro atoms. The van der Waals surface area contributed by atoms with Crippen LogP contribution >= 0.6 is 11.8 Å². The third-order valence-corrected chi connectivity index (χ3v) is 8.00. The molecule has 0 aliphatic heterocycles. The number of benzene rings is 5. The van der Waals surface area contributed by atoms with Crippen molar-refractivity contribution >= 4 is 57.7 Å². The number of rotatable bonds is 10. The van der Waals surface area contributed by atoms with Gasteiger partial charge in [0.05, 0.1) is 5.75 Å². The molecule has 0 atom stereocenters. The lowest BCUT2D eigenvalue weighted by Gasteiger charge is -2.12. The van der Waals surface area contributed by atoms with Crippen molar-refractivity contribution in [2.24, 2.45) is 0 Å². The Morgan fingerprint density at radius 3 is 2.14 bits per heavy atom. The Labute approximate surface area is 261 Å². The molecule has 0 heterocycles. The van der Waals surface area contributed by atoms with Crippen molar-refractivity contribution < 1.29 is 14.4 Å². The van der Waals surface area contributed by atoms with Gasteiger partial charge in [0, 0.05) is 27.2 Å². The van der Waals surface area contributed by atoms with Gasteiger partial charge in [-0.3, -0.25) is 14.4 Å². The summed E-state index contributed by atoms with van der Waals surface area (Å²) in [4.78, 5) is 39.9. The number of thioether (sulfide) groups is 1. The van der Waals surface area contributed by atoms with E-state index in [9.17, 15) is 14.4 Å². The molecule has 6 nitrogen and oxygen atoms in total. The van der Waals surface area contributed by atoms with E-state index in [1.807, 2.05) is 84.9 Å². The molecule has 0 bridgehead atoms. The van der Waals surface area contributed by atoms with E-state index in [0.717, 1.165) is 26.9 Å². The van der Waals surface area contributed by atoms with Crippen LogP contribution in [0.25, 0.3) is 16.8 Å². The molecule has 0 saturated carbocycles. The number of hydrogen-bond acceptors (Lipinski definition) is 4. The Kier molecular flexibility index (Phi) is 9.89. The number of fused-ring (bicyclic) bond motifs is 1. The maximum atomic E-state index is 13.4. The quantitative estimate of drug-likeness (QED) is 0.112. The Morgan fingerprint density at radius 1 is 0.727 bits per heavy atom. The average molecular weight is 600 g/mol. The van der Waals surface area contributed by atoms with E-state index in [1.54, 1.807) is 42.5 Å². The van der Waals surface area contributed by atoms with Crippen LogP contribution in [-0.4, -0.2) is 23.5 Å². The van der Waals surface area contributed by atoms with Crippen LogP contribution in [0.15, 0.2) is 132 Å². The van der Waals surface area contributed by atoms with Crippen LogP contribution in [0.2, 0.25) is 0 Å². The highest BCUT2D eigenvalue weighted by molar-refractivity contribution is 8.00. The number of anilines is 2. The summed E-state index contributed by atoms with van der Waals surface area (Å²) in [5, 5.41) is 10.7. The van der Waals surface area contributed by atoms with Gasteiger partial charge in [0.1, 0.15) is 5.70 Å². The topological polar surface area (TPSA) is 87.3 Å². The van der Waals surface area contributed by atoms with Crippen LogP contribution in [0.3, 0.4) is 0 Å². The molecule has 0 unspecified atom stereocenters. The minimum absolute atomic E-state index is 0.103. The third kappa shape index (κ3) is 8.02. The van der Waals surface area contributed by atoms with Crippen LogP contribution in [0.5, 0.6) is 0 Å². The fourth-order valence-electron chi connectivity index (χ4n) is 4.59. The molecule has 44 heavy (non-hydrogen) atoms. The highest BCUT2D eigenvalue weighted by Crippen LogP contribution is 2.25. The second-order valence-corrected chi connectivity index (χ2v) is 11.6. The second kappa shape index (κ2) is 14.4. The first-order valence-corrected chi connectivity index (χ1v) is 15.3.